The molecule has 1 amide bonds. The molecular formula is C16H23NO3S. The molecule has 1 fully saturated rings. The number of rotatable bonds is 5. The molecule has 2 heterocycles. The number of carbonyl (C=O) groups excluding carboxylic acids is 1. The second-order valence-corrected chi connectivity index (χ2v) is 7.32. The zero-order valence-electron chi connectivity index (χ0n) is 12.7. The molecule has 0 spiro atoms. The lowest BCUT2D eigenvalue weighted by Gasteiger charge is -2.39. The number of aryl methyl sites for hydroxylation is 1. The van der Waals surface area contributed by atoms with Crippen LogP contribution in [0.3, 0.4) is 0 Å². The number of hydrogen-bond acceptors (Lipinski definition) is 3. The molecule has 5 heteroatoms. The van der Waals surface area contributed by atoms with Crippen molar-refractivity contribution in [2.45, 2.75) is 39.5 Å². The van der Waals surface area contributed by atoms with E-state index in [4.69, 9.17) is 0 Å². The highest BCUT2D eigenvalue weighted by molar-refractivity contribution is 7.09. The first-order valence-electron chi connectivity index (χ1n) is 7.45. The third-order valence-corrected chi connectivity index (χ3v) is 5.45. The summed E-state index contributed by atoms with van der Waals surface area (Å²) >= 11 is 1.67. The number of likely N-dealkylation sites (tertiary alicyclic amines) is 1. The SMILES string of the molecule is CC(C)(C(=O)O)C1CCCN(C(=O)CCc2cccs2)C1. The van der Waals surface area contributed by atoms with Gasteiger partial charge >= 0.3 is 5.97 Å². The number of piperidine rings is 1. The molecule has 1 N–H and O–H groups in total. The highest BCUT2D eigenvalue weighted by atomic mass is 32.1. The summed E-state index contributed by atoms with van der Waals surface area (Å²) in [5, 5.41) is 11.4. The number of amides is 1. The van der Waals surface area contributed by atoms with E-state index in [0.29, 0.717) is 13.0 Å². The van der Waals surface area contributed by atoms with E-state index in [1.165, 1.54) is 4.88 Å². The Morgan fingerprint density at radius 3 is 2.86 bits per heavy atom. The first kappa shape index (κ1) is 16.0. The Morgan fingerprint density at radius 2 is 2.24 bits per heavy atom. The van der Waals surface area contributed by atoms with Gasteiger partial charge in [0, 0.05) is 24.4 Å². The molecule has 1 unspecified atom stereocenters. The molecule has 1 saturated heterocycles. The minimum Gasteiger partial charge on any atom is -0.481 e. The lowest BCUT2D eigenvalue weighted by Crippen LogP contribution is -2.46. The maximum atomic E-state index is 12.3. The molecule has 0 saturated carbocycles. The average molecular weight is 309 g/mol. The Kier molecular flexibility index (Phi) is 5.04. The Bertz CT molecular complexity index is 496. The first-order chi connectivity index (χ1) is 9.91. The maximum absolute atomic E-state index is 12.3. The molecule has 0 radical (unpaired) electrons. The van der Waals surface area contributed by atoms with E-state index < -0.39 is 11.4 Å². The zero-order valence-corrected chi connectivity index (χ0v) is 13.5. The maximum Gasteiger partial charge on any atom is 0.309 e. The van der Waals surface area contributed by atoms with Crippen molar-refractivity contribution in [3.05, 3.63) is 22.4 Å². The molecule has 1 atom stereocenters. The minimum atomic E-state index is -0.777. The standard InChI is InChI=1S/C16H23NO3S/c1-16(2,15(19)20)12-5-3-9-17(11-12)14(18)8-7-13-6-4-10-21-13/h4,6,10,12H,3,5,7-9,11H2,1-2H3,(H,19,20). The van der Waals surface area contributed by atoms with Gasteiger partial charge in [0.2, 0.25) is 5.91 Å². The summed E-state index contributed by atoms with van der Waals surface area (Å²) in [7, 11) is 0. The van der Waals surface area contributed by atoms with E-state index in [1.807, 2.05) is 22.4 Å². The molecule has 1 aliphatic heterocycles. The smallest absolute Gasteiger partial charge is 0.309 e. The van der Waals surface area contributed by atoms with Crippen LogP contribution in [0, 0.1) is 11.3 Å². The third-order valence-electron chi connectivity index (χ3n) is 4.51. The van der Waals surface area contributed by atoms with E-state index in [9.17, 15) is 14.7 Å². The first-order valence-corrected chi connectivity index (χ1v) is 8.33. The van der Waals surface area contributed by atoms with Crippen molar-refractivity contribution in [1.29, 1.82) is 0 Å². The van der Waals surface area contributed by atoms with Gasteiger partial charge in [0.1, 0.15) is 0 Å². The number of thiophene rings is 1. The fourth-order valence-electron chi connectivity index (χ4n) is 2.81. The minimum absolute atomic E-state index is 0.0365. The zero-order chi connectivity index (χ0) is 15.5. The van der Waals surface area contributed by atoms with Gasteiger partial charge < -0.3 is 10.0 Å². The van der Waals surface area contributed by atoms with Crippen molar-refractivity contribution >= 4 is 23.2 Å². The quantitative estimate of drug-likeness (QED) is 0.909. The van der Waals surface area contributed by atoms with Crippen molar-refractivity contribution in [3.63, 3.8) is 0 Å². The van der Waals surface area contributed by atoms with Crippen LogP contribution in [0.1, 0.15) is 38.0 Å². The van der Waals surface area contributed by atoms with Crippen LogP contribution in [0.25, 0.3) is 0 Å². The summed E-state index contributed by atoms with van der Waals surface area (Å²) in [4.78, 5) is 26.8. The van der Waals surface area contributed by atoms with Crippen LogP contribution >= 0.6 is 11.3 Å². The van der Waals surface area contributed by atoms with Crippen LogP contribution in [-0.4, -0.2) is 35.0 Å². The summed E-state index contributed by atoms with van der Waals surface area (Å²) < 4.78 is 0. The Morgan fingerprint density at radius 1 is 1.48 bits per heavy atom. The predicted octanol–water partition coefficient (Wildman–Crippen LogP) is 3.03. The number of carboxylic acid groups (broad SMARTS) is 1. The van der Waals surface area contributed by atoms with Gasteiger partial charge in [-0.05, 0) is 50.5 Å². The molecule has 21 heavy (non-hydrogen) atoms. The molecule has 0 aliphatic carbocycles. The molecular weight excluding hydrogens is 286 g/mol. The molecule has 1 aliphatic rings. The van der Waals surface area contributed by atoms with Crippen LogP contribution in [0.15, 0.2) is 17.5 Å². The topological polar surface area (TPSA) is 57.6 Å². The highest BCUT2D eigenvalue weighted by Crippen LogP contribution is 2.34. The van der Waals surface area contributed by atoms with Crippen LogP contribution in [0.5, 0.6) is 0 Å². The van der Waals surface area contributed by atoms with Crippen LogP contribution in [-0.2, 0) is 16.0 Å². The normalized spacial score (nSPS) is 19.5. The monoisotopic (exact) mass is 309 g/mol. The Labute approximate surface area is 129 Å². The molecule has 4 nitrogen and oxygen atoms in total. The molecule has 116 valence electrons. The van der Waals surface area contributed by atoms with Crippen LogP contribution in [0.2, 0.25) is 0 Å². The van der Waals surface area contributed by atoms with Crippen molar-refractivity contribution in [2.75, 3.05) is 13.1 Å². The van der Waals surface area contributed by atoms with E-state index >= 15 is 0 Å². The van der Waals surface area contributed by atoms with Gasteiger partial charge in [-0.15, -0.1) is 11.3 Å². The van der Waals surface area contributed by atoms with Crippen molar-refractivity contribution in [3.8, 4) is 0 Å². The fraction of sp³-hybridized carbons (Fsp3) is 0.625. The van der Waals surface area contributed by atoms with E-state index in [2.05, 4.69) is 0 Å². The lowest BCUT2D eigenvalue weighted by molar-refractivity contribution is -0.153. The Balaban J connectivity index is 1.91. The molecule has 0 aromatic carbocycles. The van der Waals surface area contributed by atoms with Gasteiger partial charge in [0.05, 0.1) is 5.41 Å². The summed E-state index contributed by atoms with van der Waals surface area (Å²) in [6.07, 6.45) is 3.07. The predicted molar refractivity (Wildman–Crippen MR) is 83.4 cm³/mol. The summed E-state index contributed by atoms with van der Waals surface area (Å²) in [5.74, 6) is -0.593. The van der Waals surface area contributed by atoms with Crippen LogP contribution < -0.4 is 0 Å². The van der Waals surface area contributed by atoms with Gasteiger partial charge in [0.15, 0.2) is 0 Å². The fourth-order valence-corrected chi connectivity index (χ4v) is 3.52. The Hall–Kier alpha value is -1.36. The summed E-state index contributed by atoms with van der Waals surface area (Å²) in [5.41, 5.74) is -0.771. The second-order valence-electron chi connectivity index (χ2n) is 6.29. The lowest BCUT2D eigenvalue weighted by atomic mass is 9.74. The highest BCUT2D eigenvalue weighted by Gasteiger charge is 2.39. The largest absolute Gasteiger partial charge is 0.481 e. The third kappa shape index (κ3) is 3.84. The second kappa shape index (κ2) is 6.60. The van der Waals surface area contributed by atoms with Gasteiger partial charge in [0.25, 0.3) is 0 Å². The van der Waals surface area contributed by atoms with E-state index in [0.717, 1.165) is 25.8 Å². The molecule has 1 aromatic heterocycles. The number of aliphatic carboxylic acids is 1. The number of carbonyl (C=O) groups is 2. The number of carboxylic acids is 1. The van der Waals surface area contributed by atoms with Crippen molar-refractivity contribution < 1.29 is 14.7 Å². The summed E-state index contributed by atoms with van der Waals surface area (Å²) in [6, 6.07) is 4.04. The van der Waals surface area contributed by atoms with Gasteiger partial charge in [-0.3, -0.25) is 9.59 Å². The van der Waals surface area contributed by atoms with Crippen molar-refractivity contribution in [1.82, 2.24) is 4.90 Å². The van der Waals surface area contributed by atoms with E-state index in [1.54, 1.807) is 25.2 Å². The number of nitrogens with zero attached hydrogens (tertiary/aromatic N) is 1. The molecule has 0 bridgehead atoms. The van der Waals surface area contributed by atoms with Gasteiger partial charge in [-0.2, -0.15) is 0 Å². The van der Waals surface area contributed by atoms with Crippen LogP contribution in [0.4, 0.5) is 0 Å². The van der Waals surface area contributed by atoms with E-state index in [-0.39, 0.29) is 11.8 Å². The van der Waals surface area contributed by atoms with Gasteiger partial charge in [-0.1, -0.05) is 6.07 Å². The van der Waals surface area contributed by atoms with Gasteiger partial charge in [-0.25, -0.2) is 0 Å². The molecule has 1 aromatic rings. The number of hydrogen-bond donors (Lipinski definition) is 1. The summed E-state index contributed by atoms with van der Waals surface area (Å²) in [6.45, 7) is 4.86. The van der Waals surface area contributed by atoms with Crippen molar-refractivity contribution in [2.24, 2.45) is 11.3 Å². The molecule has 2 rings (SSSR count). The average Bonchev–Trinajstić information content (AvgIpc) is 2.98.